The van der Waals surface area contributed by atoms with E-state index in [4.69, 9.17) is 11.6 Å². The van der Waals surface area contributed by atoms with Crippen molar-refractivity contribution in [1.82, 2.24) is 19.9 Å². The summed E-state index contributed by atoms with van der Waals surface area (Å²) in [5.41, 5.74) is -1.60. The van der Waals surface area contributed by atoms with Crippen LogP contribution in [0.15, 0.2) is 30.6 Å². The van der Waals surface area contributed by atoms with Gasteiger partial charge in [-0.2, -0.15) is 13.2 Å². The van der Waals surface area contributed by atoms with Crippen molar-refractivity contribution in [3.63, 3.8) is 0 Å². The molecule has 1 saturated carbocycles. The van der Waals surface area contributed by atoms with E-state index in [2.05, 4.69) is 25.3 Å². The van der Waals surface area contributed by atoms with Crippen molar-refractivity contribution in [2.24, 2.45) is 11.8 Å². The average molecular weight is 528 g/mol. The molecule has 13 heteroatoms. The quantitative estimate of drug-likeness (QED) is 0.359. The van der Waals surface area contributed by atoms with E-state index in [1.165, 1.54) is 17.4 Å². The van der Waals surface area contributed by atoms with Gasteiger partial charge in [-0.3, -0.25) is 4.79 Å². The van der Waals surface area contributed by atoms with Crippen LogP contribution in [0.1, 0.15) is 43.3 Å². The first-order chi connectivity index (χ1) is 16.4. The van der Waals surface area contributed by atoms with Gasteiger partial charge in [0.1, 0.15) is 21.5 Å². The molecule has 0 amide bonds. The molecule has 3 heterocycles. The Morgan fingerprint density at radius 2 is 1.89 bits per heavy atom. The van der Waals surface area contributed by atoms with E-state index in [9.17, 15) is 28.2 Å². The summed E-state index contributed by atoms with van der Waals surface area (Å²) >= 11 is 7.36. The molecular formula is C22H21ClF3N5O3S. The van der Waals surface area contributed by atoms with Crippen molar-refractivity contribution in [2.45, 2.75) is 44.4 Å². The van der Waals surface area contributed by atoms with Gasteiger partial charge in [-0.25, -0.2) is 19.9 Å². The van der Waals surface area contributed by atoms with Crippen molar-refractivity contribution >= 4 is 40.5 Å². The van der Waals surface area contributed by atoms with Crippen LogP contribution in [0.25, 0.3) is 10.6 Å². The largest absolute Gasteiger partial charge is 0.481 e. The second-order valence-corrected chi connectivity index (χ2v) is 9.93. The molecule has 186 valence electrons. The van der Waals surface area contributed by atoms with Gasteiger partial charge in [-0.05, 0) is 56.7 Å². The second kappa shape index (κ2) is 9.67. The van der Waals surface area contributed by atoms with Gasteiger partial charge < -0.3 is 15.5 Å². The Morgan fingerprint density at radius 1 is 1.17 bits per heavy atom. The summed E-state index contributed by atoms with van der Waals surface area (Å²) in [6, 6.07) is 3.77. The van der Waals surface area contributed by atoms with Gasteiger partial charge in [0.2, 0.25) is 5.95 Å². The van der Waals surface area contributed by atoms with Crippen molar-refractivity contribution in [3.05, 3.63) is 46.4 Å². The number of aliphatic hydroxyl groups is 1. The molecule has 1 aliphatic rings. The zero-order chi connectivity index (χ0) is 25.4. The number of thiazole rings is 1. The lowest BCUT2D eigenvalue weighted by Crippen LogP contribution is -2.35. The van der Waals surface area contributed by atoms with E-state index in [1.807, 2.05) is 0 Å². The molecule has 3 aromatic rings. The fourth-order valence-corrected chi connectivity index (χ4v) is 5.31. The van der Waals surface area contributed by atoms with Gasteiger partial charge in [0.15, 0.2) is 0 Å². The Morgan fingerprint density at radius 3 is 2.54 bits per heavy atom. The molecule has 1 aliphatic carbocycles. The normalized spacial score (nSPS) is 20.3. The van der Waals surface area contributed by atoms with Crippen molar-refractivity contribution in [3.8, 4) is 10.6 Å². The van der Waals surface area contributed by atoms with Crippen molar-refractivity contribution < 1.29 is 28.2 Å². The molecule has 8 nitrogen and oxygen atoms in total. The van der Waals surface area contributed by atoms with Crippen LogP contribution < -0.4 is 5.32 Å². The predicted molar refractivity (Wildman–Crippen MR) is 123 cm³/mol. The van der Waals surface area contributed by atoms with Crippen LogP contribution in [0.2, 0.25) is 5.15 Å². The Hall–Kier alpha value is -2.83. The van der Waals surface area contributed by atoms with E-state index < -0.39 is 29.4 Å². The fourth-order valence-electron chi connectivity index (χ4n) is 4.10. The lowest BCUT2D eigenvalue weighted by Gasteiger charge is -2.35. The first-order valence-electron chi connectivity index (χ1n) is 10.7. The van der Waals surface area contributed by atoms with Crippen molar-refractivity contribution in [2.75, 3.05) is 5.32 Å². The van der Waals surface area contributed by atoms with Crippen LogP contribution in [0.4, 0.5) is 24.8 Å². The number of hydrogen-bond donors (Lipinski definition) is 3. The Labute approximate surface area is 207 Å². The number of halogens is 4. The minimum atomic E-state index is -4.61. The molecule has 35 heavy (non-hydrogen) atoms. The summed E-state index contributed by atoms with van der Waals surface area (Å²) in [7, 11) is 0. The molecule has 0 aliphatic heterocycles. The van der Waals surface area contributed by atoms with Gasteiger partial charge in [-0.15, -0.1) is 11.3 Å². The van der Waals surface area contributed by atoms with Crippen molar-refractivity contribution in [1.29, 1.82) is 0 Å². The molecule has 4 rings (SSSR count). The highest BCUT2D eigenvalue weighted by atomic mass is 35.5. The summed E-state index contributed by atoms with van der Waals surface area (Å²) in [4.78, 5) is 27.8. The van der Waals surface area contributed by atoms with Gasteiger partial charge >= 0.3 is 12.1 Å². The number of rotatable bonds is 6. The molecule has 0 aromatic carbocycles. The van der Waals surface area contributed by atoms with Gasteiger partial charge in [-0.1, -0.05) is 11.6 Å². The molecule has 0 spiro atoms. The lowest BCUT2D eigenvalue weighted by atomic mass is 9.74. The van der Waals surface area contributed by atoms with Gasteiger partial charge in [0, 0.05) is 18.1 Å². The van der Waals surface area contributed by atoms with Crippen LogP contribution in [-0.4, -0.2) is 36.1 Å². The zero-order valence-electron chi connectivity index (χ0n) is 18.4. The SMILES string of the molecule is C[C@](O)(c1ncc(-c2cc(Nc3nccc(C(F)(F)F)n3)cc(Cl)n2)s1)[C@H]1CC[C@H](C(=O)O)CC1. The maximum atomic E-state index is 12.9. The highest BCUT2D eigenvalue weighted by Crippen LogP contribution is 2.43. The number of carbonyl (C=O) groups is 1. The predicted octanol–water partition coefficient (Wildman–Crippen LogP) is 5.51. The van der Waals surface area contributed by atoms with Crippen LogP contribution >= 0.6 is 22.9 Å². The van der Waals surface area contributed by atoms with Gasteiger partial charge in [0.05, 0.1) is 16.5 Å². The summed E-state index contributed by atoms with van der Waals surface area (Å²) in [6.07, 6.45) is 0.0691. The second-order valence-electron chi connectivity index (χ2n) is 8.52. The Balaban J connectivity index is 1.54. The molecule has 3 N–H and O–H groups in total. The number of aliphatic carboxylic acids is 1. The lowest BCUT2D eigenvalue weighted by molar-refractivity contribution is -0.144. The smallest absolute Gasteiger partial charge is 0.433 e. The zero-order valence-corrected chi connectivity index (χ0v) is 20.0. The highest BCUT2D eigenvalue weighted by Gasteiger charge is 2.40. The van der Waals surface area contributed by atoms with E-state index in [-0.39, 0.29) is 17.0 Å². The third-order valence-electron chi connectivity index (χ3n) is 6.06. The average Bonchev–Trinajstić information content (AvgIpc) is 3.30. The number of hydrogen-bond acceptors (Lipinski definition) is 8. The summed E-state index contributed by atoms with van der Waals surface area (Å²) < 4.78 is 38.8. The number of nitrogens with zero attached hydrogens (tertiary/aromatic N) is 4. The van der Waals surface area contributed by atoms with E-state index >= 15 is 0 Å². The van der Waals surface area contributed by atoms with Crippen LogP contribution in [0.5, 0.6) is 0 Å². The monoisotopic (exact) mass is 527 g/mol. The molecular weight excluding hydrogens is 507 g/mol. The minimum Gasteiger partial charge on any atom is -0.481 e. The minimum absolute atomic E-state index is 0.0886. The molecule has 1 fully saturated rings. The maximum Gasteiger partial charge on any atom is 0.433 e. The molecule has 0 bridgehead atoms. The number of nitrogens with one attached hydrogen (secondary N) is 1. The maximum absolute atomic E-state index is 12.9. The van der Waals surface area contributed by atoms with Crippen LogP contribution in [0.3, 0.4) is 0 Å². The fraction of sp³-hybridized carbons (Fsp3) is 0.409. The topological polar surface area (TPSA) is 121 Å². The number of alkyl halides is 3. The van der Waals surface area contributed by atoms with Crippen LogP contribution in [-0.2, 0) is 16.6 Å². The van der Waals surface area contributed by atoms with E-state index in [1.54, 1.807) is 19.2 Å². The molecule has 0 unspecified atom stereocenters. The summed E-state index contributed by atoms with van der Waals surface area (Å²) in [5.74, 6) is -1.60. The first kappa shape index (κ1) is 25.3. The number of carboxylic acids is 1. The van der Waals surface area contributed by atoms with Crippen LogP contribution in [0, 0.1) is 11.8 Å². The number of aromatic nitrogens is 4. The first-order valence-corrected chi connectivity index (χ1v) is 11.9. The third-order valence-corrected chi connectivity index (χ3v) is 7.50. The summed E-state index contributed by atoms with van der Waals surface area (Å²) in [6.45, 7) is 1.67. The molecule has 3 aromatic heterocycles. The highest BCUT2D eigenvalue weighted by molar-refractivity contribution is 7.15. The number of anilines is 2. The summed E-state index contributed by atoms with van der Waals surface area (Å²) in [5, 5.41) is 23.7. The number of pyridine rings is 1. The van der Waals surface area contributed by atoms with Gasteiger partial charge in [0.25, 0.3) is 0 Å². The third kappa shape index (κ3) is 5.71. The Bertz CT molecular complexity index is 1230. The molecule has 0 radical (unpaired) electrons. The van der Waals surface area contributed by atoms with E-state index in [0.29, 0.717) is 46.9 Å². The molecule has 0 saturated heterocycles. The molecule has 1 atom stereocenters. The van der Waals surface area contributed by atoms with E-state index in [0.717, 1.165) is 12.3 Å². The standard InChI is InChI=1S/C22H21ClF3N5O3S/c1-21(34,12-4-2-11(3-5-12)18(32)33)19-28-10-15(35-19)14-8-13(9-17(23)30-14)29-20-27-7-6-16(31-20)22(24,25)26/h6-12,34H,2-5H2,1H3,(H,32,33)(H,27,29,30,31)/t11-,12-,21-/m1/s1. The Kier molecular flexibility index (Phi) is 6.98. The number of carboxylic acid groups (broad SMARTS) is 1.